The first-order chi connectivity index (χ1) is 24.7. The van der Waals surface area contributed by atoms with Gasteiger partial charge in [-0.05, 0) is 45.5 Å². The van der Waals surface area contributed by atoms with Crippen LogP contribution in [0.15, 0.2) is 176 Å². The van der Waals surface area contributed by atoms with Crippen LogP contribution < -0.4 is 0 Å². The predicted molar refractivity (Wildman–Crippen MR) is 236 cm³/mol. The monoisotopic (exact) mass is 820 g/mol. The van der Waals surface area contributed by atoms with E-state index in [1.807, 2.05) is 30.3 Å². The van der Waals surface area contributed by atoms with E-state index in [0.29, 0.717) is 0 Å². The molecule has 0 aliphatic heterocycles. The largest absolute Gasteiger partial charge is 0.184 e. The Morgan fingerprint density at radius 3 is 1.17 bits per heavy atom. The van der Waals surface area contributed by atoms with Gasteiger partial charge in [-0.3, -0.25) is 0 Å². The van der Waals surface area contributed by atoms with E-state index in [4.69, 9.17) is 0 Å². The number of rotatable bonds is 4. The van der Waals surface area contributed by atoms with E-state index in [1.54, 1.807) is 0 Å². The minimum atomic E-state index is 0. The average Bonchev–Trinajstić information content (AvgIpc) is 3.84. The Morgan fingerprint density at radius 2 is 0.811 bits per heavy atom. The van der Waals surface area contributed by atoms with Crippen molar-refractivity contribution in [2.45, 2.75) is 26.7 Å². The maximum absolute atomic E-state index is 3.06. The third-order valence-corrected chi connectivity index (χ3v) is 9.20. The molecule has 0 aliphatic rings. The van der Waals surface area contributed by atoms with Crippen LogP contribution >= 0.6 is 24.8 Å². The van der Waals surface area contributed by atoms with Crippen LogP contribution in [0.2, 0.25) is 0 Å². The molecule has 0 spiro atoms. The molecule has 0 unspecified atom stereocenters. The fourth-order valence-corrected chi connectivity index (χ4v) is 6.73. The Balaban J connectivity index is 0.000000226. The molecule has 0 saturated carbocycles. The van der Waals surface area contributed by atoms with Crippen LogP contribution in [0.3, 0.4) is 0 Å². The molecular formula is C49H44Cl2SiZr-4. The van der Waals surface area contributed by atoms with Crippen molar-refractivity contribution in [3.63, 3.8) is 0 Å². The molecule has 9 aromatic carbocycles. The van der Waals surface area contributed by atoms with Crippen LogP contribution in [0, 0.1) is 13.5 Å². The molecular weight excluding hydrogens is 779 g/mol. The van der Waals surface area contributed by atoms with Crippen molar-refractivity contribution in [3.05, 3.63) is 201 Å². The van der Waals surface area contributed by atoms with Crippen molar-refractivity contribution in [2.24, 2.45) is 0 Å². The number of hydrogen-bond acceptors (Lipinski definition) is 0. The normalized spacial score (nSPS) is 9.91. The third kappa shape index (κ3) is 10.1. The van der Waals surface area contributed by atoms with Gasteiger partial charge in [0.25, 0.3) is 0 Å². The molecule has 0 atom stereocenters. The maximum Gasteiger partial charge on any atom is -0.171 e. The summed E-state index contributed by atoms with van der Waals surface area (Å²) in [6, 6.07) is 65.4. The zero-order chi connectivity index (χ0) is 34.7. The first kappa shape index (κ1) is 43.4. The molecule has 4 heteroatoms. The van der Waals surface area contributed by atoms with E-state index in [-0.39, 0.29) is 32.2 Å². The summed E-state index contributed by atoms with van der Waals surface area (Å²) in [6.07, 6.45) is 2.17. The minimum absolute atomic E-state index is 0. The second-order valence-corrected chi connectivity index (χ2v) is 12.2. The number of aryl methyl sites for hydroxylation is 2. The zero-order valence-electron chi connectivity index (χ0n) is 30.5. The number of halogens is 2. The van der Waals surface area contributed by atoms with Gasteiger partial charge in [0.1, 0.15) is 0 Å². The van der Waals surface area contributed by atoms with Gasteiger partial charge in [0.05, 0.1) is 0 Å². The first-order valence-electron chi connectivity index (χ1n) is 17.2. The Kier molecular flexibility index (Phi) is 17.7. The first-order valence-corrected chi connectivity index (χ1v) is 21.4. The summed E-state index contributed by atoms with van der Waals surface area (Å²) in [6.45, 7) is 7.49. The maximum atomic E-state index is 3.06. The molecule has 9 rings (SSSR count). The van der Waals surface area contributed by atoms with Crippen molar-refractivity contribution in [3.8, 4) is 22.3 Å². The Hall–Kier alpha value is -4.04. The molecule has 0 nitrogen and oxygen atoms in total. The molecule has 2 radical (unpaired) electrons. The summed E-state index contributed by atoms with van der Waals surface area (Å²) in [5.74, 6) is 0. The van der Waals surface area contributed by atoms with Gasteiger partial charge in [0.15, 0.2) is 0 Å². The summed E-state index contributed by atoms with van der Waals surface area (Å²) in [5, 5.41) is 10.7. The molecule has 53 heavy (non-hydrogen) atoms. The van der Waals surface area contributed by atoms with Gasteiger partial charge in [-0.1, -0.05) is 122 Å². The molecule has 0 aromatic heterocycles. The Morgan fingerprint density at radius 1 is 0.453 bits per heavy atom. The van der Waals surface area contributed by atoms with E-state index in [0.717, 1.165) is 12.8 Å². The third-order valence-electron chi connectivity index (χ3n) is 9.20. The standard InChI is InChI=1S/2C21H17.C6H5.CH3.2ClH.Si.Zr/c2*1-2-15-13-17-9-6-12-20(21(17)14-15)19-11-5-8-16-7-3-4-10-18(16)19;1-2-4-6-5-3-1;;;;;/h2*3-14H,2H2,1H3;1-5H;1H3;2*1H;;/q4*-1;;;;. The average molecular weight is 823 g/mol. The zero-order valence-corrected chi connectivity index (χ0v) is 35.6. The van der Waals surface area contributed by atoms with Crippen molar-refractivity contribution in [1.29, 1.82) is 0 Å². The van der Waals surface area contributed by atoms with E-state index in [1.165, 1.54) is 99.8 Å². The summed E-state index contributed by atoms with van der Waals surface area (Å²) in [5.41, 5.74) is 8.15. The van der Waals surface area contributed by atoms with Gasteiger partial charge in [0, 0.05) is 0 Å². The van der Waals surface area contributed by atoms with E-state index >= 15 is 0 Å². The smallest absolute Gasteiger partial charge is 0.171 e. The van der Waals surface area contributed by atoms with Crippen LogP contribution in [0.4, 0.5) is 0 Å². The fourth-order valence-electron chi connectivity index (χ4n) is 6.73. The van der Waals surface area contributed by atoms with Crippen LogP contribution in [-0.4, -0.2) is 6.88 Å². The number of hydrogen-bond donors (Lipinski definition) is 0. The predicted octanol–water partition coefficient (Wildman–Crippen LogP) is 14.3. The quantitative estimate of drug-likeness (QED) is 0.123. The van der Waals surface area contributed by atoms with Gasteiger partial charge in [0.2, 0.25) is 0 Å². The SMILES string of the molecule is CCc1cc2c(-c3cccc4ccccc34)cccc2[cH-]1.CCc1cc2c(-c3cccc4ccccc34)cccc2[cH-]1.Cl.Cl.[CH3-].[Si]=[Zr].[c-]1ccccc1. The summed E-state index contributed by atoms with van der Waals surface area (Å²) in [7, 11) is 0. The van der Waals surface area contributed by atoms with Crippen LogP contribution in [0.5, 0.6) is 0 Å². The Labute approximate surface area is 345 Å². The fraction of sp³-hybridized carbons (Fsp3) is 0.0816. The van der Waals surface area contributed by atoms with Gasteiger partial charge in [-0.2, -0.15) is 48.5 Å². The van der Waals surface area contributed by atoms with E-state index in [2.05, 4.69) is 172 Å². The number of fused-ring (bicyclic) bond motifs is 4. The molecule has 0 aliphatic carbocycles. The molecule has 0 amide bonds. The molecule has 266 valence electrons. The number of benzene rings is 7. The molecule has 9 aromatic rings. The molecule has 0 saturated heterocycles. The van der Waals surface area contributed by atoms with Crippen molar-refractivity contribution in [2.75, 3.05) is 0 Å². The second kappa shape index (κ2) is 21.6. The Bertz CT molecular complexity index is 2270. The van der Waals surface area contributed by atoms with Crippen LogP contribution in [-0.2, 0) is 36.2 Å². The molecule has 0 fully saturated rings. The van der Waals surface area contributed by atoms with Gasteiger partial charge < -0.3 is 7.43 Å². The topological polar surface area (TPSA) is 0 Å². The molecule has 0 heterocycles. The van der Waals surface area contributed by atoms with Gasteiger partial charge in [-0.15, -0.1) is 93.9 Å². The summed E-state index contributed by atoms with van der Waals surface area (Å²) < 4.78 is 0. The van der Waals surface area contributed by atoms with Crippen molar-refractivity contribution in [1.82, 2.24) is 0 Å². The molecule has 0 bridgehead atoms. The minimum Gasteiger partial charge on any atom is -0.184 e. The van der Waals surface area contributed by atoms with Crippen LogP contribution in [0.1, 0.15) is 25.0 Å². The second-order valence-electron chi connectivity index (χ2n) is 12.2. The van der Waals surface area contributed by atoms with Crippen molar-refractivity contribution < 1.29 is 23.3 Å². The molecule has 0 N–H and O–H groups in total. The van der Waals surface area contributed by atoms with Gasteiger partial charge >= 0.3 is 30.2 Å². The summed E-state index contributed by atoms with van der Waals surface area (Å²) >= 11 is 1.36. The van der Waals surface area contributed by atoms with Crippen LogP contribution in [0.25, 0.3) is 65.3 Å². The van der Waals surface area contributed by atoms with Gasteiger partial charge in [-0.25, -0.2) is 0 Å². The summed E-state index contributed by atoms with van der Waals surface area (Å²) in [4.78, 5) is 0. The van der Waals surface area contributed by atoms with Crippen molar-refractivity contribution >= 4 is 74.8 Å². The van der Waals surface area contributed by atoms with E-state index in [9.17, 15) is 0 Å². The van der Waals surface area contributed by atoms with E-state index < -0.39 is 0 Å².